The Morgan fingerprint density at radius 3 is 2.02 bits per heavy atom. The van der Waals surface area contributed by atoms with Crippen LogP contribution in [0, 0.1) is 5.41 Å². The largest absolute Gasteiger partial charge is 0.379 e. The Morgan fingerprint density at radius 1 is 0.900 bits per heavy atom. The van der Waals surface area contributed by atoms with Crippen LogP contribution in [0.15, 0.2) is 0 Å². The molecule has 0 bridgehead atoms. The van der Waals surface area contributed by atoms with Gasteiger partial charge in [0, 0.05) is 26.2 Å². The predicted molar refractivity (Wildman–Crippen MR) is 159 cm³/mol. The molecular formula is C29H59N5O6. The van der Waals surface area contributed by atoms with E-state index in [0.29, 0.717) is 45.4 Å². The second-order valence-electron chi connectivity index (χ2n) is 12.3. The van der Waals surface area contributed by atoms with Crippen molar-refractivity contribution in [3.8, 4) is 0 Å². The maximum absolute atomic E-state index is 13.4. The predicted octanol–water partition coefficient (Wildman–Crippen LogP) is 2.22. The average Bonchev–Trinajstić information content (AvgIpc) is 2.88. The van der Waals surface area contributed by atoms with Gasteiger partial charge in [-0.1, -0.05) is 27.2 Å². The van der Waals surface area contributed by atoms with E-state index < -0.39 is 28.9 Å². The lowest BCUT2D eigenvalue weighted by atomic mass is 9.84. The number of methoxy groups -OCH3 is 2. The van der Waals surface area contributed by atoms with Crippen molar-refractivity contribution in [2.75, 3.05) is 41.0 Å². The molecule has 0 aromatic rings. The molecular weight excluding hydrogens is 514 g/mol. The first-order chi connectivity index (χ1) is 18.5. The Morgan fingerprint density at radius 2 is 1.50 bits per heavy atom. The highest BCUT2D eigenvalue weighted by Crippen LogP contribution is 2.20. The highest BCUT2D eigenvalue weighted by molar-refractivity contribution is 5.93. The zero-order chi connectivity index (χ0) is 31.0. The highest BCUT2D eigenvalue weighted by atomic mass is 16.5. The summed E-state index contributed by atoms with van der Waals surface area (Å²) in [6.07, 6.45) is 4.11. The molecule has 4 atom stereocenters. The molecule has 0 radical (unpaired) electrons. The van der Waals surface area contributed by atoms with Gasteiger partial charge in [0.1, 0.15) is 0 Å². The maximum atomic E-state index is 13.4. The Kier molecular flexibility index (Phi) is 18.0. The van der Waals surface area contributed by atoms with Crippen LogP contribution in [0.5, 0.6) is 0 Å². The van der Waals surface area contributed by atoms with Gasteiger partial charge < -0.3 is 30.6 Å². The number of hydrogen-bond acceptors (Lipinski definition) is 9. The summed E-state index contributed by atoms with van der Waals surface area (Å²) in [5, 5.41) is 12.2. The minimum absolute atomic E-state index is 0.0297. The number of unbranched alkanes of at least 4 members (excludes halogenated alkanes) is 2. The van der Waals surface area contributed by atoms with E-state index in [-0.39, 0.29) is 30.1 Å². The van der Waals surface area contributed by atoms with Gasteiger partial charge in [0.25, 0.3) is 0 Å². The fourth-order valence-electron chi connectivity index (χ4n) is 4.00. The summed E-state index contributed by atoms with van der Waals surface area (Å²) in [4.78, 5) is 39.1. The zero-order valence-electron chi connectivity index (χ0n) is 26.8. The standard InChI is InChI=1S/C29H59N5O6/c1-21(38-9)20-40-28(5,6)19-24(35)32-18-14-12-15-22(25(36)27(2,3)4)33-26(37)23(16-11-13-17-30)34-29(7,31-8)39-10/h21-23,31,34H,11-20,30H2,1-10H3,(H,32,35)(H,33,37)/t21?,22-,23-,29?/m0/s1. The SMILES string of the molecule is CNC(C)(N[C@@H](CCCCN)C(=O)N[C@@H](CCCCNC(=O)CC(C)(C)OCC(C)OC)C(=O)C(C)(C)C)OC. The molecule has 0 aromatic heterocycles. The van der Waals surface area contributed by atoms with Crippen molar-refractivity contribution in [3.63, 3.8) is 0 Å². The monoisotopic (exact) mass is 573 g/mol. The third kappa shape index (κ3) is 16.0. The van der Waals surface area contributed by atoms with Crippen molar-refractivity contribution < 1.29 is 28.6 Å². The molecule has 11 heteroatoms. The number of ketones is 1. The maximum Gasteiger partial charge on any atom is 0.237 e. The molecule has 0 heterocycles. The average molecular weight is 574 g/mol. The van der Waals surface area contributed by atoms with Gasteiger partial charge in [0.2, 0.25) is 11.8 Å². The normalized spacial score (nSPS) is 16.1. The number of amides is 2. The first-order valence-electron chi connectivity index (χ1n) is 14.5. The van der Waals surface area contributed by atoms with Crippen molar-refractivity contribution in [1.82, 2.24) is 21.3 Å². The first kappa shape index (κ1) is 38.4. The number of ether oxygens (including phenoxy) is 3. The summed E-state index contributed by atoms with van der Waals surface area (Å²) in [6, 6.07) is -1.21. The van der Waals surface area contributed by atoms with Gasteiger partial charge in [-0.15, -0.1) is 0 Å². The van der Waals surface area contributed by atoms with E-state index >= 15 is 0 Å². The third-order valence-corrected chi connectivity index (χ3v) is 6.91. The quantitative estimate of drug-likeness (QED) is 0.0969. The molecule has 0 aliphatic carbocycles. The summed E-state index contributed by atoms with van der Waals surface area (Å²) in [7, 11) is 4.92. The van der Waals surface area contributed by atoms with Gasteiger partial charge in [-0.2, -0.15) is 0 Å². The molecule has 0 saturated carbocycles. The van der Waals surface area contributed by atoms with Gasteiger partial charge in [-0.05, 0) is 73.4 Å². The molecule has 0 saturated heterocycles. The number of nitrogens with one attached hydrogen (secondary N) is 4. The van der Waals surface area contributed by atoms with Crippen LogP contribution in [-0.4, -0.2) is 88.2 Å². The molecule has 11 nitrogen and oxygen atoms in total. The van der Waals surface area contributed by atoms with E-state index in [1.807, 2.05) is 41.5 Å². The molecule has 2 unspecified atom stereocenters. The van der Waals surface area contributed by atoms with Crippen LogP contribution in [-0.2, 0) is 28.6 Å². The molecule has 236 valence electrons. The fourth-order valence-corrected chi connectivity index (χ4v) is 4.00. The molecule has 40 heavy (non-hydrogen) atoms. The van der Waals surface area contributed by atoms with Crippen LogP contribution in [0.4, 0.5) is 0 Å². The summed E-state index contributed by atoms with van der Waals surface area (Å²) < 4.78 is 16.5. The molecule has 0 aliphatic rings. The second-order valence-corrected chi connectivity index (χ2v) is 12.3. The number of carbonyl (C=O) groups excluding carboxylic acids is 3. The van der Waals surface area contributed by atoms with E-state index in [4.69, 9.17) is 19.9 Å². The zero-order valence-corrected chi connectivity index (χ0v) is 26.8. The Bertz CT molecular complexity index is 752. The lowest BCUT2D eigenvalue weighted by molar-refractivity contribution is -0.135. The van der Waals surface area contributed by atoms with Gasteiger partial charge >= 0.3 is 0 Å². The van der Waals surface area contributed by atoms with Crippen molar-refractivity contribution in [2.24, 2.45) is 11.1 Å². The Balaban J connectivity index is 5.11. The lowest BCUT2D eigenvalue weighted by Gasteiger charge is -2.34. The van der Waals surface area contributed by atoms with Crippen molar-refractivity contribution >= 4 is 17.6 Å². The molecule has 0 rings (SSSR count). The van der Waals surface area contributed by atoms with Crippen molar-refractivity contribution in [1.29, 1.82) is 0 Å². The fraction of sp³-hybridized carbons (Fsp3) is 0.897. The number of nitrogens with two attached hydrogens (primary N) is 1. The van der Waals surface area contributed by atoms with Crippen molar-refractivity contribution in [2.45, 2.75) is 123 Å². The van der Waals surface area contributed by atoms with Crippen LogP contribution in [0.3, 0.4) is 0 Å². The molecule has 0 aliphatic heterocycles. The van der Waals surface area contributed by atoms with E-state index in [9.17, 15) is 14.4 Å². The third-order valence-electron chi connectivity index (χ3n) is 6.91. The number of Topliss-reactive ketones (excluding diaryl/α,β-unsaturated/α-hetero) is 1. The molecule has 6 N–H and O–H groups in total. The van der Waals surface area contributed by atoms with Crippen LogP contribution in [0.2, 0.25) is 0 Å². The van der Waals surface area contributed by atoms with Crippen molar-refractivity contribution in [3.05, 3.63) is 0 Å². The molecule has 0 aromatic carbocycles. The van der Waals surface area contributed by atoms with E-state index in [2.05, 4.69) is 21.3 Å². The number of rotatable bonds is 22. The van der Waals surface area contributed by atoms with Gasteiger partial charge in [-0.3, -0.25) is 25.0 Å². The summed E-state index contributed by atoms with van der Waals surface area (Å²) in [5.74, 6) is -1.29. The molecule has 2 amide bonds. The summed E-state index contributed by atoms with van der Waals surface area (Å²) >= 11 is 0. The van der Waals surface area contributed by atoms with Gasteiger partial charge in [-0.25, -0.2) is 0 Å². The summed E-state index contributed by atoms with van der Waals surface area (Å²) in [6.45, 7) is 14.5. The van der Waals surface area contributed by atoms with E-state index in [1.54, 1.807) is 28.2 Å². The topological polar surface area (TPSA) is 153 Å². The highest BCUT2D eigenvalue weighted by Gasteiger charge is 2.34. The lowest BCUT2D eigenvalue weighted by Crippen LogP contribution is -2.62. The minimum Gasteiger partial charge on any atom is -0.379 e. The number of carbonyl (C=O) groups is 3. The smallest absolute Gasteiger partial charge is 0.237 e. The van der Waals surface area contributed by atoms with E-state index in [0.717, 1.165) is 12.8 Å². The summed E-state index contributed by atoms with van der Waals surface area (Å²) in [5.41, 5.74) is 4.43. The van der Waals surface area contributed by atoms with Gasteiger partial charge in [0.15, 0.2) is 11.6 Å². The van der Waals surface area contributed by atoms with Crippen LogP contribution in [0.25, 0.3) is 0 Å². The second kappa shape index (κ2) is 18.7. The number of hydrogen-bond donors (Lipinski definition) is 5. The Labute approximate surface area is 242 Å². The first-order valence-corrected chi connectivity index (χ1v) is 14.5. The van der Waals surface area contributed by atoms with Crippen LogP contribution in [0.1, 0.15) is 93.4 Å². The molecule has 0 fully saturated rings. The van der Waals surface area contributed by atoms with Crippen LogP contribution >= 0.6 is 0 Å². The Hall–Kier alpha value is -1.63. The molecule has 0 spiro atoms. The minimum atomic E-state index is -0.909. The van der Waals surface area contributed by atoms with E-state index in [1.165, 1.54) is 0 Å². The van der Waals surface area contributed by atoms with Crippen LogP contribution < -0.4 is 27.0 Å². The van der Waals surface area contributed by atoms with Gasteiger partial charge in [0.05, 0.1) is 36.8 Å².